The van der Waals surface area contributed by atoms with Gasteiger partial charge in [-0.1, -0.05) is 80.1 Å². The van der Waals surface area contributed by atoms with Crippen LogP contribution >= 0.6 is 12.4 Å². The Morgan fingerprint density at radius 2 is 1.53 bits per heavy atom. The first-order valence-corrected chi connectivity index (χ1v) is 13.2. The first-order chi connectivity index (χ1) is 18.1. The van der Waals surface area contributed by atoms with Crippen LogP contribution in [0.3, 0.4) is 0 Å². The predicted octanol–water partition coefficient (Wildman–Crippen LogP) is 5.99. The van der Waals surface area contributed by atoms with E-state index in [4.69, 9.17) is 5.73 Å². The molecule has 3 N–H and O–H groups in total. The second-order valence-corrected chi connectivity index (χ2v) is 9.93. The molecule has 2 aliphatic rings. The van der Waals surface area contributed by atoms with Gasteiger partial charge in [0.15, 0.2) is 5.78 Å². The third-order valence-electron chi connectivity index (χ3n) is 7.76. The molecule has 4 aromatic carbocycles. The van der Waals surface area contributed by atoms with Gasteiger partial charge in [-0.25, -0.2) is 0 Å². The number of ketones is 1. The highest BCUT2D eigenvalue weighted by atomic mass is 35.5. The third kappa shape index (κ3) is 4.07. The van der Waals surface area contributed by atoms with Crippen LogP contribution in [-0.2, 0) is 6.42 Å². The number of carbonyl (C=O) groups excluding carboxylic acids is 2. The molecule has 5 nitrogen and oxygen atoms in total. The Labute approximate surface area is 229 Å². The van der Waals surface area contributed by atoms with Gasteiger partial charge in [-0.15, -0.1) is 12.4 Å². The van der Waals surface area contributed by atoms with Crippen molar-refractivity contribution < 1.29 is 9.59 Å². The highest BCUT2D eigenvalue weighted by Crippen LogP contribution is 2.52. The number of anilines is 1. The molecule has 1 fully saturated rings. The molecule has 0 unspecified atom stereocenters. The predicted molar refractivity (Wildman–Crippen MR) is 158 cm³/mol. The fourth-order valence-corrected chi connectivity index (χ4v) is 6.12. The normalized spacial score (nSPS) is 14.2. The third-order valence-corrected chi connectivity index (χ3v) is 7.76. The Bertz CT molecular complexity index is 1550. The van der Waals surface area contributed by atoms with Gasteiger partial charge >= 0.3 is 0 Å². The summed E-state index contributed by atoms with van der Waals surface area (Å²) in [6.07, 6.45) is 2.48. The number of hydrogen-bond donors (Lipinski definition) is 2. The monoisotopic (exact) mass is 525 g/mol. The lowest BCUT2D eigenvalue weighted by Gasteiger charge is -2.35. The number of rotatable bonds is 6. The fourth-order valence-electron chi connectivity index (χ4n) is 6.12. The zero-order valence-corrected chi connectivity index (χ0v) is 22.4. The SMILES string of the molecule is CCCCc1c2c(c(-c3cccc4ccccc34)c(N3CCNCC3)c1C(N)=O)-c1ccccc1C2=O.Cl. The van der Waals surface area contributed by atoms with Crippen molar-refractivity contribution in [2.24, 2.45) is 5.73 Å². The van der Waals surface area contributed by atoms with Crippen molar-refractivity contribution in [3.63, 3.8) is 0 Å². The van der Waals surface area contributed by atoms with Crippen LogP contribution in [0.2, 0.25) is 0 Å². The summed E-state index contributed by atoms with van der Waals surface area (Å²) in [5.74, 6) is -0.472. The maximum atomic E-state index is 14.0. The summed E-state index contributed by atoms with van der Waals surface area (Å²) >= 11 is 0. The van der Waals surface area contributed by atoms with E-state index in [0.29, 0.717) is 23.1 Å². The lowest BCUT2D eigenvalue weighted by Crippen LogP contribution is -2.44. The number of primary amides is 1. The highest BCUT2D eigenvalue weighted by molar-refractivity contribution is 6.28. The minimum absolute atomic E-state index is 0. The minimum Gasteiger partial charge on any atom is -0.368 e. The Morgan fingerprint density at radius 3 is 2.26 bits per heavy atom. The topological polar surface area (TPSA) is 75.4 Å². The number of piperazine rings is 1. The van der Waals surface area contributed by atoms with Crippen LogP contribution in [0.25, 0.3) is 33.0 Å². The van der Waals surface area contributed by atoms with Crippen LogP contribution in [-0.4, -0.2) is 37.9 Å². The van der Waals surface area contributed by atoms with Gasteiger partial charge in [0.25, 0.3) is 5.91 Å². The molecule has 1 saturated heterocycles. The quantitative estimate of drug-likeness (QED) is 0.285. The molecule has 0 saturated carbocycles. The largest absolute Gasteiger partial charge is 0.368 e. The van der Waals surface area contributed by atoms with E-state index in [1.807, 2.05) is 36.4 Å². The summed E-state index contributed by atoms with van der Waals surface area (Å²) in [5, 5.41) is 5.65. The van der Waals surface area contributed by atoms with Crippen LogP contribution in [0.4, 0.5) is 5.69 Å². The Hall–Kier alpha value is -3.67. The summed E-state index contributed by atoms with van der Waals surface area (Å²) in [6, 6.07) is 22.4. The summed E-state index contributed by atoms with van der Waals surface area (Å²) in [6.45, 7) is 5.30. The number of nitrogens with zero attached hydrogens (tertiary/aromatic N) is 1. The number of benzene rings is 4. The summed E-state index contributed by atoms with van der Waals surface area (Å²) in [7, 11) is 0. The van der Waals surface area contributed by atoms with Crippen LogP contribution in [0, 0.1) is 0 Å². The molecule has 194 valence electrons. The standard InChI is InChI=1S/C32H31N3O2.ClH/c1-2-3-11-25-28-26(23-13-6-7-14-24(23)31(28)36)27(22-15-8-10-20-9-4-5-12-21(20)22)30(29(25)32(33)37)35-18-16-34-17-19-35;/h4-10,12-15,34H,2-3,11,16-19H2,1H3,(H2,33,37);1H. The van der Waals surface area contributed by atoms with Crippen molar-refractivity contribution in [2.75, 3.05) is 31.1 Å². The van der Waals surface area contributed by atoms with E-state index in [0.717, 1.165) is 83.3 Å². The van der Waals surface area contributed by atoms with Gasteiger partial charge in [-0.05, 0) is 40.3 Å². The zero-order valence-electron chi connectivity index (χ0n) is 21.5. The average Bonchev–Trinajstić information content (AvgIpc) is 3.23. The summed E-state index contributed by atoms with van der Waals surface area (Å²) < 4.78 is 0. The van der Waals surface area contributed by atoms with Gasteiger partial charge in [0, 0.05) is 48.4 Å². The molecule has 0 radical (unpaired) electrons. The highest BCUT2D eigenvalue weighted by Gasteiger charge is 2.38. The van der Waals surface area contributed by atoms with E-state index in [2.05, 4.69) is 47.5 Å². The molecule has 1 heterocycles. The number of unbranched alkanes of at least 4 members (excludes halogenated alkanes) is 1. The number of hydrogen-bond acceptors (Lipinski definition) is 4. The number of nitrogens with two attached hydrogens (primary N) is 1. The van der Waals surface area contributed by atoms with Gasteiger partial charge in [0.1, 0.15) is 0 Å². The van der Waals surface area contributed by atoms with E-state index in [-0.39, 0.29) is 18.2 Å². The van der Waals surface area contributed by atoms with Crippen molar-refractivity contribution in [1.82, 2.24) is 5.32 Å². The van der Waals surface area contributed by atoms with Crippen molar-refractivity contribution >= 4 is 40.6 Å². The molecule has 0 bridgehead atoms. The van der Waals surface area contributed by atoms with Crippen LogP contribution < -0.4 is 16.0 Å². The average molecular weight is 526 g/mol. The molecule has 1 aliphatic heterocycles. The van der Waals surface area contributed by atoms with Crippen molar-refractivity contribution in [2.45, 2.75) is 26.2 Å². The molecule has 4 aromatic rings. The Kier molecular flexibility index (Phi) is 7.24. The first-order valence-electron chi connectivity index (χ1n) is 13.2. The van der Waals surface area contributed by atoms with Crippen molar-refractivity contribution in [1.29, 1.82) is 0 Å². The molecule has 1 amide bonds. The van der Waals surface area contributed by atoms with E-state index in [9.17, 15) is 9.59 Å². The van der Waals surface area contributed by atoms with Crippen molar-refractivity contribution in [3.05, 3.63) is 89.0 Å². The Morgan fingerprint density at radius 1 is 0.868 bits per heavy atom. The van der Waals surface area contributed by atoms with Crippen LogP contribution in [0.15, 0.2) is 66.7 Å². The second-order valence-electron chi connectivity index (χ2n) is 9.93. The number of nitrogens with one attached hydrogen (secondary N) is 1. The molecular formula is C32H32ClN3O2. The number of fused-ring (bicyclic) bond motifs is 4. The molecule has 1 aliphatic carbocycles. The minimum atomic E-state index is -0.465. The van der Waals surface area contributed by atoms with Gasteiger partial charge in [0.05, 0.1) is 11.3 Å². The summed E-state index contributed by atoms with van der Waals surface area (Å²) in [5.41, 5.74) is 13.6. The van der Waals surface area contributed by atoms with E-state index in [1.54, 1.807) is 0 Å². The number of halogens is 1. The molecule has 6 heteroatoms. The molecule has 0 spiro atoms. The number of amides is 1. The zero-order chi connectivity index (χ0) is 25.5. The van der Waals surface area contributed by atoms with E-state index < -0.39 is 5.91 Å². The van der Waals surface area contributed by atoms with Crippen LogP contribution in [0.5, 0.6) is 0 Å². The van der Waals surface area contributed by atoms with E-state index in [1.165, 1.54) is 0 Å². The lowest BCUT2D eigenvalue weighted by molar-refractivity contribution is 0.0999. The second kappa shape index (κ2) is 10.6. The smallest absolute Gasteiger partial charge is 0.251 e. The van der Waals surface area contributed by atoms with Gasteiger partial charge in [-0.3, -0.25) is 9.59 Å². The molecule has 0 aromatic heterocycles. The van der Waals surface area contributed by atoms with Gasteiger partial charge < -0.3 is 16.0 Å². The van der Waals surface area contributed by atoms with Gasteiger partial charge in [-0.2, -0.15) is 0 Å². The summed E-state index contributed by atoms with van der Waals surface area (Å²) in [4.78, 5) is 29.6. The lowest BCUT2D eigenvalue weighted by atomic mass is 9.82. The van der Waals surface area contributed by atoms with E-state index >= 15 is 0 Å². The maximum absolute atomic E-state index is 14.0. The van der Waals surface area contributed by atoms with Crippen molar-refractivity contribution in [3.8, 4) is 22.3 Å². The first kappa shape index (κ1) is 26.0. The molecule has 38 heavy (non-hydrogen) atoms. The van der Waals surface area contributed by atoms with Crippen LogP contribution in [0.1, 0.15) is 51.6 Å². The molecular weight excluding hydrogens is 494 g/mol. The van der Waals surface area contributed by atoms with Gasteiger partial charge in [0.2, 0.25) is 0 Å². The number of carbonyl (C=O) groups is 2. The molecule has 6 rings (SSSR count). The molecule has 0 atom stereocenters. The maximum Gasteiger partial charge on any atom is 0.251 e. The Balaban J connectivity index is 0.00000294. The fraction of sp³-hybridized carbons (Fsp3) is 0.250.